The second kappa shape index (κ2) is 16.1. The van der Waals surface area contributed by atoms with Crippen LogP contribution in [0.3, 0.4) is 0 Å². The third-order valence-corrected chi connectivity index (χ3v) is 9.82. The van der Waals surface area contributed by atoms with E-state index in [1.807, 2.05) is 52.0 Å². The van der Waals surface area contributed by atoms with Crippen molar-refractivity contribution in [2.45, 2.75) is 72.5 Å². The van der Waals surface area contributed by atoms with Crippen LogP contribution in [-0.4, -0.2) is 97.5 Å². The number of anilines is 2. The molecule has 2 N–H and O–H groups in total. The lowest BCUT2D eigenvalue weighted by atomic mass is 9.82. The van der Waals surface area contributed by atoms with E-state index < -0.39 is 17.7 Å². The molecule has 2 saturated heterocycles. The number of halogens is 1. The van der Waals surface area contributed by atoms with E-state index in [-0.39, 0.29) is 11.2 Å². The maximum atomic E-state index is 13.3. The quantitative estimate of drug-likeness (QED) is 0.196. The molecule has 5 rings (SSSR count). The molecule has 2 aliphatic heterocycles. The average Bonchev–Trinajstić information content (AvgIpc) is 3.05. The highest BCUT2D eigenvalue weighted by molar-refractivity contribution is 5.92. The molecule has 0 aliphatic carbocycles. The van der Waals surface area contributed by atoms with Gasteiger partial charge in [0, 0.05) is 75.6 Å². The molecule has 0 unspecified atom stereocenters. The number of carboxylic acid groups (broad SMARTS) is 1. The molecule has 10 heteroatoms. The van der Waals surface area contributed by atoms with Gasteiger partial charge in [-0.2, -0.15) is 0 Å². The predicted molar refractivity (Wildman–Crippen MR) is 199 cm³/mol. The topological polar surface area (TPSA) is 90.4 Å². The molecular formula is C40H56FN5O4. The summed E-state index contributed by atoms with van der Waals surface area (Å²) in [6, 6.07) is 14.5. The largest absolute Gasteiger partial charge is 0.493 e. The first-order valence-corrected chi connectivity index (χ1v) is 18.0. The van der Waals surface area contributed by atoms with Gasteiger partial charge < -0.3 is 29.7 Å². The smallest absolute Gasteiger partial charge is 0.337 e. The number of benzene rings is 2. The zero-order chi connectivity index (χ0) is 36.1. The number of carbonyl (C=O) groups is 1. The van der Waals surface area contributed by atoms with Gasteiger partial charge in [0.2, 0.25) is 0 Å². The van der Waals surface area contributed by atoms with Crippen LogP contribution in [0, 0.1) is 18.2 Å². The minimum Gasteiger partial charge on any atom is -0.493 e. The van der Waals surface area contributed by atoms with Gasteiger partial charge in [0.15, 0.2) is 6.10 Å². The third-order valence-electron chi connectivity index (χ3n) is 9.82. The number of carboxylic acids is 1. The number of piperidine rings is 1. The van der Waals surface area contributed by atoms with Crippen molar-refractivity contribution in [1.82, 2.24) is 14.8 Å². The molecule has 2 fully saturated rings. The van der Waals surface area contributed by atoms with Crippen molar-refractivity contribution in [3.05, 3.63) is 71.2 Å². The van der Waals surface area contributed by atoms with Crippen LogP contribution in [0.4, 0.5) is 15.9 Å². The van der Waals surface area contributed by atoms with Crippen molar-refractivity contribution in [3.8, 4) is 16.9 Å². The molecule has 0 bridgehead atoms. The van der Waals surface area contributed by atoms with Crippen LogP contribution in [0.1, 0.15) is 70.4 Å². The number of hydrogen-bond donors (Lipinski definition) is 2. The Morgan fingerprint density at radius 3 is 2.24 bits per heavy atom. The summed E-state index contributed by atoms with van der Waals surface area (Å²) in [4.78, 5) is 25.3. The maximum absolute atomic E-state index is 13.3. The van der Waals surface area contributed by atoms with Gasteiger partial charge in [-0.25, -0.2) is 14.2 Å². The molecule has 0 radical (unpaired) electrons. The fourth-order valence-corrected chi connectivity index (χ4v) is 6.73. The highest BCUT2D eigenvalue weighted by atomic mass is 19.1. The summed E-state index contributed by atoms with van der Waals surface area (Å²) in [6.07, 6.45) is 1.43. The highest BCUT2D eigenvalue weighted by Gasteiger charge is 2.37. The van der Waals surface area contributed by atoms with Gasteiger partial charge in [-0.1, -0.05) is 38.1 Å². The minimum absolute atomic E-state index is 0.198. The molecule has 50 heavy (non-hydrogen) atoms. The van der Waals surface area contributed by atoms with E-state index in [0.29, 0.717) is 30.8 Å². The van der Waals surface area contributed by atoms with Crippen LogP contribution in [0.15, 0.2) is 48.5 Å². The van der Waals surface area contributed by atoms with E-state index >= 15 is 0 Å². The van der Waals surface area contributed by atoms with E-state index in [1.165, 1.54) is 12.1 Å². The molecule has 1 aromatic heterocycles. The van der Waals surface area contributed by atoms with Crippen LogP contribution < -0.4 is 15.0 Å². The second-order valence-electron chi connectivity index (χ2n) is 15.6. The Kier molecular flexibility index (Phi) is 12.1. The van der Waals surface area contributed by atoms with Crippen LogP contribution in [0.25, 0.3) is 11.1 Å². The molecule has 2 aliphatic rings. The van der Waals surface area contributed by atoms with Crippen molar-refractivity contribution in [2.24, 2.45) is 5.41 Å². The van der Waals surface area contributed by atoms with Crippen molar-refractivity contribution in [1.29, 1.82) is 0 Å². The number of rotatable bonds is 13. The van der Waals surface area contributed by atoms with Crippen LogP contribution >= 0.6 is 0 Å². The Morgan fingerprint density at radius 2 is 1.64 bits per heavy atom. The third kappa shape index (κ3) is 9.95. The van der Waals surface area contributed by atoms with Crippen molar-refractivity contribution >= 4 is 17.5 Å². The van der Waals surface area contributed by atoms with Gasteiger partial charge in [-0.05, 0) is 88.4 Å². The Labute approximate surface area is 297 Å². The summed E-state index contributed by atoms with van der Waals surface area (Å²) in [5.74, 6) is 0.182. The molecule has 272 valence electrons. The van der Waals surface area contributed by atoms with Gasteiger partial charge in [-0.15, -0.1) is 0 Å². The maximum Gasteiger partial charge on any atom is 0.337 e. The number of aliphatic carboxylic acids is 1. The Hall–Kier alpha value is -3.73. The average molecular weight is 690 g/mol. The number of likely N-dealkylation sites (N-methyl/N-ethyl adjacent to an activating group) is 1. The Morgan fingerprint density at radius 1 is 1.00 bits per heavy atom. The standard InChI is InChI=1S/C40H56FN5O4/c1-28-33(36(38(47)48)50-39(2,3)4)35(46-20-17-40(5,6)18-21-46)34(37(43-28)42-19-22-45-25-23-44(7)24-26-45)30-10-14-32(15-11-30)49-27-16-29-8-12-31(41)13-9-29/h8-15,36H,16-27H2,1-7H3,(H,42,43)(H,47,48)/t36-/m0/s1. The van der Waals surface area contributed by atoms with Gasteiger partial charge in [0.25, 0.3) is 0 Å². The zero-order valence-corrected chi connectivity index (χ0v) is 31.0. The predicted octanol–water partition coefficient (Wildman–Crippen LogP) is 7.04. The van der Waals surface area contributed by atoms with E-state index in [4.69, 9.17) is 14.5 Å². The van der Waals surface area contributed by atoms with Crippen LogP contribution in [0.5, 0.6) is 5.75 Å². The van der Waals surface area contributed by atoms with Crippen molar-refractivity contribution in [3.63, 3.8) is 0 Å². The highest BCUT2D eigenvalue weighted by Crippen LogP contribution is 2.46. The summed E-state index contributed by atoms with van der Waals surface area (Å²) in [7, 11) is 2.16. The van der Waals surface area contributed by atoms with Gasteiger partial charge >= 0.3 is 5.97 Å². The monoisotopic (exact) mass is 689 g/mol. The van der Waals surface area contributed by atoms with E-state index in [9.17, 15) is 14.3 Å². The molecule has 9 nitrogen and oxygen atoms in total. The lowest BCUT2D eigenvalue weighted by molar-refractivity contribution is -0.160. The number of aromatic nitrogens is 1. The molecule has 0 spiro atoms. The zero-order valence-electron chi connectivity index (χ0n) is 31.0. The first-order valence-electron chi connectivity index (χ1n) is 18.0. The summed E-state index contributed by atoms with van der Waals surface area (Å²) >= 11 is 0. The minimum atomic E-state index is -1.19. The van der Waals surface area contributed by atoms with Crippen LogP contribution in [0.2, 0.25) is 0 Å². The number of piperazine rings is 1. The second-order valence-corrected chi connectivity index (χ2v) is 15.6. The molecular weight excluding hydrogens is 633 g/mol. The van der Waals surface area contributed by atoms with Crippen molar-refractivity contribution < 1.29 is 23.8 Å². The number of ether oxygens (including phenoxy) is 2. The Bertz CT molecular complexity index is 1570. The molecule has 1 atom stereocenters. The van der Waals surface area contributed by atoms with Gasteiger partial charge in [-0.3, -0.25) is 4.90 Å². The van der Waals surface area contributed by atoms with Crippen molar-refractivity contribution in [2.75, 3.05) is 76.2 Å². The number of pyridine rings is 1. The number of aryl methyl sites for hydroxylation is 1. The molecule has 0 saturated carbocycles. The van der Waals surface area contributed by atoms with Gasteiger partial charge in [0.05, 0.1) is 17.9 Å². The summed E-state index contributed by atoms with van der Waals surface area (Å²) in [6.45, 7) is 20.0. The lowest BCUT2D eigenvalue weighted by Gasteiger charge is -2.41. The van der Waals surface area contributed by atoms with Crippen LogP contribution in [-0.2, 0) is 16.0 Å². The number of nitrogens with one attached hydrogen (secondary N) is 1. The SMILES string of the molecule is Cc1nc(NCCN2CCN(C)CC2)c(-c2ccc(OCCc3ccc(F)cc3)cc2)c(N2CCC(C)(C)CC2)c1[C@H](OC(C)(C)C)C(=O)O. The number of hydrogen-bond acceptors (Lipinski definition) is 8. The first kappa shape index (κ1) is 37.5. The lowest BCUT2D eigenvalue weighted by Crippen LogP contribution is -2.45. The summed E-state index contributed by atoms with van der Waals surface area (Å²) < 4.78 is 25.8. The van der Waals surface area contributed by atoms with Gasteiger partial charge in [0.1, 0.15) is 17.4 Å². The normalized spacial score (nSPS) is 17.8. The molecule has 3 heterocycles. The molecule has 2 aromatic carbocycles. The first-order chi connectivity index (χ1) is 23.7. The molecule has 3 aromatic rings. The Balaban J connectivity index is 1.54. The fourth-order valence-electron chi connectivity index (χ4n) is 6.73. The number of nitrogens with zero attached hydrogens (tertiary/aromatic N) is 4. The fraction of sp³-hybridized carbons (Fsp3) is 0.550. The van der Waals surface area contributed by atoms with E-state index in [1.54, 1.807) is 12.1 Å². The van der Waals surface area contributed by atoms with E-state index in [2.05, 4.69) is 40.9 Å². The summed E-state index contributed by atoms with van der Waals surface area (Å²) in [5.41, 5.74) is 4.44. The summed E-state index contributed by atoms with van der Waals surface area (Å²) in [5, 5.41) is 14.3. The molecule has 0 amide bonds. The van der Waals surface area contributed by atoms with E-state index in [0.717, 1.165) is 92.6 Å².